The van der Waals surface area contributed by atoms with Crippen LogP contribution < -0.4 is 0 Å². The summed E-state index contributed by atoms with van der Waals surface area (Å²) in [4.78, 5) is 0. The molecule has 0 radical (unpaired) electrons. The fraction of sp³-hybridized carbons (Fsp3) is 0.108. The second-order valence-corrected chi connectivity index (χ2v) is 10.9. The predicted octanol–water partition coefficient (Wildman–Crippen LogP) is 9.81. The molecule has 38 heavy (non-hydrogen) atoms. The highest BCUT2D eigenvalue weighted by molar-refractivity contribution is 6.15. The molecule has 0 N–H and O–H groups in total. The summed E-state index contributed by atoms with van der Waals surface area (Å²) in [6.07, 6.45) is 0. The van der Waals surface area contributed by atoms with E-state index in [2.05, 4.69) is 130 Å². The van der Waals surface area contributed by atoms with Crippen molar-refractivity contribution in [2.45, 2.75) is 26.2 Å². The molecule has 1 nitrogen and oxygen atoms in total. The second kappa shape index (κ2) is 8.17. The molecule has 0 aromatic heterocycles. The van der Waals surface area contributed by atoms with Crippen molar-refractivity contribution in [2.24, 2.45) is 0 Å². The molecule has 0 amide bonds. The van der Waals surface area contributed by atoms with Crippen molar-refractivity contribution in [3.8, 4) is 39.4 Å². The van der Waals surface area contributed by atoms with Crippen LogP contribution in [-0.4, -0.2) is 0 Å². The molecule has 0 aliphatic heterocycles. The van der Waals surface area contributed by atoms with Crippen molar-refractivity contribution in [3.05, 3.63) is 131 Å². The standard InChI is InChI=1S/C37H27N/c1-23-28-8-4-5-9-29(28)30-10-6-7-11-33(30)36(23)26-15-13-25(14-16-26)27-17-19-32-31-18-12-24(22-38)20-34(31)37(2,3)35(32)21-27/h4-21H,1-3H3. The first-order valence-electron chi connectivity index (χ1n) is 13.2. The number of hydrogen-bond acceptors (Lipinski definition) is 1. The Morgan fingerprint density at radius 1 is 0.553 bits per heavy atom. The van der Waals surface area contributed by atoms with E-state index in [0.717, 1.165) is 5.56 Å². The molecule has 0 atom stereocenters. The van der Waals surface area contributed by atoms with Gasteiger partial charge in [-0.25, -0.2) is 0 Å². The lowest BCUT2D eigenvalue weighted by Crippen LogP contribution is -2.15. The third-order valence-corrected chi connectivity index (χ3v) is 8.50. The molecule has 0 fully saturated rings. The molecule has 0 unspecified atom stereocenters. The normalized spacial score (nSPS) is 13.3. The fourth-order valence-electron chi connectivity index (χ4n) is 6.51. The Balaban J connectivity index is 1.33. The molecule has 0 saturated carbocycles. The van der Waals surface area contributed by atoms with Gasteiger partial charge in [-0.15, -0.1) is 0 Å². The van der Waals surface area contributed by atoms with Crippen molar-refractivity contribution in [3.63, 3.8) is 0 Å². The number of fused-ring (bicyclic) bond motifs is 6. The van der Waals surface area contributed by atoms with Gasteiger partial charge in [0.2, 0.25) is 0 Å². The molecular weight excluding hydrogens is 458 g/mol. The highest BCUT2D eigenvalue weighted by Gasteiger charge is 2.35. The predicted molar refractivity (Wildman–Crippen MR) is 159 cm³/mol. The van der Waals surface area contributed by atoms with Crippen molar-refractivity contribution in [1.29, 1.82) is 5.26 Å². The monoisotopic (exact) mass is 485 g/mol. The smallest absolute Gasteiger partial charge is 0.0991 e. The summed E-state index contributed by atoms with van der Waals surface area (Å²) in [6.45, 7) is 6.77. The van der Waals surface area contributed by atoms with Crippen LogP contribution in [0.25, 0.3) is 54.9 Å². The van der Waals surface area contributed by atoms with Crippen LogP contribution in [0.2, 0.25) is 0 Å². The molecule has 0 saturated heterocycles. The Bertz CT molecular complexity index is 1950. The van der Waals surface area contributed by atoms with E-state index in [9.17, 15) is 5.26 Å². The molecule has 0 heterocycles. The van der Waals surface area contributed by atoms with Gasteiger partial charge in [0.1, 0.15) is 0 Å². The van der Waals surface area contributed by atoms with Crippen LogP contribution in [0.3, 0.4) is 0 Å². The zero-order valence-electron chi connectivity index (χ0n) is 21.8. The third-order valence-electron chi connectivity index (χ3n) is 8.50. The highest BCUT2D eigenvalue weighted by Crippen LogP contribution is 2.50. The van der Waals surface area contributed by atoms with Gasteiger partial charge in [-0.2, -0.15) is 5.26 Å². The summed E-state index contributed by atoms with van der Waals surface area (Å²) >= 11 is 0. The Kier molecular flexibility index (Phi) is 4.84. The van der Waals surface area contributed by atoms with Crippen molar-refractivity contribution in [1.82, 2.24) is 0 Å². The maximum Gasteiger partial charge on any atom is 0.0991 e. The van der Waals surface area contributed by atoms with Crippen LogP contribution >= 0.6 is 0 Å². The quantitative estimate of drug-likeness (QED) is 0.224. The van der Waals surface area contributed by atoms with Crippen molar-refractivity contribution >= 4 is 21.5 Å². The van der Waals surface area contributed by atoms with E-state index < -0.39 is 0 Å². The van der Waals surface area contributed by atoms with Gasteiger partial charge in [-0.3, -0.25) is 0 Å². The number of aryl methyl sites for hydroxylation is 1. The lowest BCUT2D eigenvalue weighted by Gasteiger charge is -2.22. The minimum atomic E-state index is -0.144. The van der Waals surface area contributed by atoms with E-state index in [-0.39, 0.29) is 5.41 Å². The van der Waals surface area contributed by atoms with Crippen LogP contribution in [-0.2, 0) is 5.41 Å². The maximum atomic E-state index is 9.43. The summed E-state index contributed by atoms with van der Waals surface area (Å²) in [5.41, 5.74) is 11.9. The van der Waals surface area contributed by atoms with Crippen LogP contribution in [0, 0.1) is 18.3 Å². The van der Waals surface area contributed by atoms with E-state index in [1.54, 1.807) is 0 Å². The van der Waals surface area contributed by atoms with Crippen molar-refractivity contribution < 1.29 is 0 Å². The summed E-state index contributed by atoms with van der Waals surface area (Å²) in [7, 11) is 0. The van der Waals surface area contributed by atoms with Crippen molar-refractivity contribution in [2.75, 3.05) is 0 Å². The molecule has 0 bridgehead atoms. The van der Waals surface area contributed by atoms with Gasteiger partial charge in [0.15, 0.2) is 0 Å². The van der Waals surface area contributed by atoms with Gasteiger partial charge >= 0.3 is 0 Å². The molecule has 0 spiro atoms. The summed E-state index contributed by atoms with van der Waals surface area (Å²) < 4.78 is 0. The zero-order chi connectivity index (χ0) is 26.0. The Labute approximate surface area is 223 Å². The van der Waals surface area contributed by atoms with Gasteiger partial charge in [-0.05, 0) is 96.7 Å². The second-order valence-electron chi connectivity index (χ2n) is 10.9. The van der Waals surface area contributed by atoms with Gasteiger partial charge in [0.25, 0.3) is 0 Å². The molecule has 7 rings (SSSR count). The van der Waals surface area contributed by atoms with Gasteiger partial charge < -0.3 is 0 Å². The Morgan fingerprint density at radius 3 is 1.76 bits per heavy atom. The van der Waals surface area contributed by atoms with E-state index in [4.69, 9.17) is 0 Å². The first kappa shape index (κ1) is 22.5. The number of nitrogens with zero attached hydrogens (tertiary/aromatic N) is 1. The average molecular weight is 486 g/mol. The first-order valence-corrected chi connectivity index (χ1v) is 13.2. The number of hydrogen-bond donors (Lipinski definition) is 0. The lowest BCUT2D eigenvalue weighted by atomic mass is 9.81. The van der Waals surface area contributed by atoms with E-state index in [1.165, 1.54) is 71.6 Å². The van der Waals surface area contributed by atoms with E-state index in [1.807, 2.05) is 6.07 Å². The van der Waals surface area contributed by atoms with Crippen LogP contribution in [0.15, 0.2) is 109 Å². The molecule has 1 aliphatic carbocycles. The minimum absolute atomic E-state index is 0.144. The minimum Gasteiger partial charge on any atom is -0.192 e. The number of benzene rings is 6. The van der Waals surface area contributed by atoms with Crippen LogP contribution in [0.4, 0.5) is 0 Å². The SMILES string of the molecule is Cc1c(-c2ccc(-c3ccc4c(c3)C(C)(C)c3cc(C#N)ccc3-4)cc2)c2ccccc2c2ccccc12. The molecular formula is C37H27N. The van der Waals surface area contributed by atoms with Gasteiger partial charge in [-0.1, -0.05) is 105 Å². The molecule has 1 aliphatic rings. The number of rotatable bonds is 2. The summed E-state index contributed by atoms with van der Waals surface area (Å²) in [6, 6.07) is 41.7. The number of nitriles is 1. The Morgan fingerprint density at radius 2 is 1.08 bits per heavy atom. The molecule has 6 aromatic rings. The average Bonchev–Trinajstić information content (AvgIpc) is 3.19. The zero-order valence-corrected chi connectivity index (χ0v) is 21.8. The van der Waals surface area contributed by atoms with E-state index >= 15 is 0 Å². The van der Waals surface area contributed by atoms with Gasteiger partial charge in [0.05, 0.1) is 11.6 Å². The maximum absolute atomic E-state index is 9.43. The third kappa shape index (κ3) is 3.17. The highest BCUT2D eigenvalue weighted by atomic mass is 14.4. The molecule has 180 valence electrons. The van der Waals surface area contributed by atoms with Crippen LogP contribution in [0.1, 0.15) is 36.1 Å². The topological polar surface area (TPSA) is 23.8 Å². The summed E-state index contributed by atoms with van der Waals surface area (Å²) in [5.74, 6) is 0. The summed E-state index contributed by atoms with van der Waals surface area (Å²) in [5, 5.41) is 14.6. The Hall–Kier alpha value is -4.67. The van der Waals surface area contributed by atoms with Crippen LogP contribution in [0.5, 0.6) is 0 Å². The fourth-order valence-corrected chi connectivity index (χ4v) is 6.51. The molecule has 1 heteroatoms. The lowest BCUT2D eigenvalue weighted by molar-refractivity contribution is 0.660. The van der Waals surface area contributed by atoms with E-state index in [0.29, 0.717) is 0 Å². The largest absolute Gasteiger partial charge is 0.192 e. The first-order chi connectivity index (χ1) is 18.5. The van der Waals surface area contributed by atoms with Gasteiger partial charge in [0, 0.05) is 5.41 Å². The molecule has 6 aromatic carbocycles.